The van der Waals surface area contributed by atoms with E-state index in [-0.39, 0.29) is 30.5 Å². The van der Waals surface area contributed by atoms with Crippen LogP contribution in [0.5, 0.6) is 0 Å². The second-order valence-corrected chi connectivity index (χ2v) is 6.74. The average molecular weight is 392 g/mol. The number of aromatic nitrogens is 3. The zero-order valence-corrected chi connectivity index (χ0v) is 16.8. The van der Waals surface area contributed by atoms with Gasteiger partial charge in [0, 0.05) is 25.7 Å². The summed E-state index contributed by atoms with van der Waals surface area (Å²) in [6.07, 6.45) is 1.60. The van der Waals surface area contributed by atoms with E-state index in [1.54, 1.807) is 31.9 Å². The van der Waals surface area contributed by atoms with Crippen molar-refractivity contribution in [3.8, 4) is 0 Å². The third kappa shape index (κ3) is 4.89. The first-order valence-electron chi connectivity index (χ1n) is 9.32. The minimum absolute atomic E-state index is 0.00665. The van der Waals surface area contributed by atoms with Crippen molar-refractivity contribution in [3.63, 3.8) is 0 Å². The Morgan fingerprint density at radius 3 is 2.64 bits per heavy atom. The van der Waals surface area contributed by atoms with E-state index in [0.717, 1.165) is 12.8 Å². The smallest absolute Gasteiger partial charge is 0.330 e. The van der Waals surface area contributed by atoms with Crippen molar-refractivity contribution in [3.05, 3.63) is 38.4 Å². The number of likely N-dealkylation sites (N-methyl/N-ethyl adjacent to an activating group) is 2. The van der Waals surface area contributed by atoms with E-state index in [9.17, 15) is 14.4 Å². The highest BCUT2D eigenvalue weighted by Gasteiger charge is 2.24. The first-order chi connectivity index (χ1) is 13.3. The summed E-state index contributed by atoms with van der Waals surface area (Å²) in [6, 6.07) is 1.80. The number of carbonyl (C=O) groups is 1. The van der Waals surface area contributed by atoms with E-state index in [1.807, 2.05) is 6.92 Å². The normalized spacial score (nSPS) is 11.2. The van der Waals surface area contributed by atoms with Gasteiger partial charge < -0.3 is 15.2 Å². The molecule has 28 heavy (non-hydrogen) atoms. The zero-order valence-electron chi connectivity index (χ0n) is 16.8. The SMILES string of the molecule is CCCCn1c(N)c(N(CC)C(=O)CN(C)Cc2cc(C)on2)c(=O)[nH]c1=O. The van der Waals surface area contributed by atoms with E-state index in [4.69, 9.17) is 10.3 Å². The summed E-state index contributed by atoms with van der Waals surface area (Å²) in [5, 5.41) is 3.91. The molecule has 0 aliphatic rings. The molecule has 10 nitrogen and oxygen atoms in total. The Hall–Kier alpha value is -2.88. The molecule has 0 aliphatic carbocycles. The van der Waals surface area contributed by atoms with Gasteiger partial charge in [0.1, 0.15) is 11.6 Å². The Morgan fingerprint density at radius 1 is 1.36 bits per heavy atom. The Labute approximate surface area is 162 Å². The van der Waals surface area contributed by atoms with Crippen LogP contribution < -0.4 is 21.9 Å². The largest absolute Gasteiger partial charge is 0.383 e. The van der Waals surface area contributed by atoms with Crippen molar-refractivity contribution >= 4 is 17.4 Å². The molecule has 0 fully saturated rings. The second-order valence-electron chi connectivity index (χ2n) is 6.74. The molecule has 3 N–H and O–H groups in total. The Bertz CT molecular complexity index is 929. The molecule has 2 aromatic rings. The van der Waals surface area contributed by atoms with Gasteiger partial charge in [-0.25, -0.2) is 4.79 Å². The van der Waals surface area contributed by atoms with Crippen molar-refractivity contribution in [2.24, 2.45) is 0 Å². The maximum Gasteiger partial charge on any atom is 0.330 e. The predicted octanol–water partition coefficient (Wildman–Crippen LogP) is 0.700. The maximum absolute atomic E-state index is 12.8. The summed E-state index contributed by atoms with van der Waals surface area (Å²) >= 11 is 0. The van der Waals surface area contributed by atoms with Gasteiger partial charge in [-0.2, -0.15) is 0 Å². The molecule has 0 atom stereocenters. The van der Waals surface area contributed by atoms with Crippen LogP contribution in [0.15, 0.2) is 20.2 Å². The molecule has 0 unspecified atom stereocenters. The molecule has 0 bridgehead atoms. The fourth-order valence-electron chi connectivity index (χ4n) is 2.98. The van der Waals surface area contributed by atoms with Crippen LogP contribution in [0.2, 0.25) is 0 Å². The summed E-state index contributed by atoms with van der Waals surface area (Å²) in [6.45, 7) is 6.62. The van der Waals surface area contributed by atoms with Gasteiger partial charge in [-0.05, 0) is 27.3 Å². The lowest BCUT2D eigenvalue weighted by atomic mass is 10.3. The molecular formula is C18H28N6O4. The number of aryl methyl sites for hydroxylation is 1. The highest BCUT2D eigenvalue weighted by molar-refractivity contribution is 5.96. The average Bonchev–Trinajstić information content (AvgIpc) is 3.02. The van der Waals surface area contributed by atoms with Crippen LogP contribution in [-0.4, -0.2) is 45.7 Å². The van der Waals surface area contributed by atoms with Gasteiger partial charge in [-0.15, -0.1) is 0 Å². The molecule has 0 saturated heterocycles. The molecule has 2 rings (SSSR count). The van der Waals surface area contributed by atoms with Crippen LogP contribution >= 0.6 is 0 Å². The van der Waals surface area contributed by atoms with Gasteiger partial charge >= 0.3 is 5.69 Å². The van der Waals surface area contributed by atoms with Crippen LogP contribution in [0.3, 0.4) is 0 Å². The number of rotatable bonds is 9. The minimum Gasteiger partial charge on any atom is -0.383 e. The number of amides is 1. The van der Waals surface area contributed by atoms with Crippen molar-refractivity contribution in [1.82, 2.24) is 19.6 Å². The Morgan fingerprint density at radius 2 is 2.07 bits per heavy atom. The molecule has 0 aromatic carbocycles. The summed E-state index contributed by atoms with van der Waals surface area (Å²) in [7, 11) is 1.77. The van der Waals surface area contributed by atoms with Crippen LogP contribution in [0.25, 0.3) is 0 Å². The van der Waals surface area contributed by atoms with Crippen LogP contribution in [0.1, 0.15) is 38.1 Å². The van der Waals surface area contributed by atoms with E-state index < -0.39 is 11.2 Å². The Kier molecular flexibility index (Phi) is 7.16. The summed E-state index contributed by atoms with van der Waals surface area (Å²) in [5.74, 6) is 0.397. The van der Waals surface area contributed by atoms with Crippen LogP contribution in [0.4, 0.5) is 11.5 Å². The quantitative estimate of drug-likeness (QED) is 0.642. The van der Waals surface area contributed by atoms with E-state index in [0.29, 0.717) is 24.5 Å². The topological polar surface area (TPSA) is 130 Å². The van der Waals surface area contributed by atoms with Gasteiger partial charge in [0.2, 0.25) is 5.91 Å². The number of nitrogens with two attached hydrogens (primary N) is 1. The lowest BCUT2D eigenvalue weighted by Crippen LogP contribution is -2.44. The molecular weight excluding hydrogens is 364 g/mol. The number of unbranched alkanes of at least 4 members (excludes halogenated alkanes) is 1. The van der Waals surface area contributed by atoms with E-state index in [2.05, 4.69) is 10.1 Å². The number of hydrogen-bond acceptors (Lipinski definition) is 7. The second kappa shape index (κ2) is 9.36. The first-order valence-corrected chi connectivity index (χ1v) is 9.32. The minimum atomic E-state index is -0.666. The van der Waals surface area contributed by atoms with Crippen LogP contribution in [0, 0.1) is 6.92 Å². The lowest BCUT2D eigenvalue weighted by molar-refractivity contribution is -0.119. The summed E-state index contributed by atoms with van der Waals surface area (Å²) in [5.41, 5.74) is 5.59. The number of nitrogens with one attached hydrogen (secondary N) is 1. The van der Waals surface area contributed by atoms with Gasteiger partial charge in [0.15, 0.2) is 5.69 Å². The fourth-order valence-corrected chi connectivity index (χ4v) is 2.98. The van der Waals surface area contributed by atoms with Gasteiger partial charge in [-0.3, -0.25) is 24.0 Å². The van der Waals surface area contributed by atoms with Gasteiger partial charge in [0.05, 0.1) is 12.2 Å². The molecule has 0 radical (unpaired) electrons. The standard InChI is InChI=1S/C18H28N6O4/c1-5-7-8-24-16(19)15(17(26)20-18(24)27)23(6-2)14(25)11-22(4)10-13-9-12(3)28-21-13/h9H,5-8,10-11,19H2,1-4H3,(H,20,26,27). The van der Waals surface area contributed by atoms with Crippen LogP contribution in [-0.2, 0) is 17.9 Å². The van der Waals surface area contributed by atoms with Crippen molar-refractivity contribution in [2.45, 2.75) is 46.7 Å². The number of hydrogen-bond donors (Lipinski definition) is 2. The molecule has 0 aliphatic heterocycles. The third-order valence-electron chi connectivity index (χ3n) is 4.35. The summed E-state index contributed by atoms with van der Waals surface area (Å²) in [4.78, 5) is 42.6. The lowest BCUT2D eigenvalue weighted by Gasteiger charge is -2.25. The monoisotopic (exact) mass is 392 g/mol. The predicted molar refractivity (Wildman–Crippen MR) is 106 cm³/mol. The molecule has 154 valence electrons. The molecule has 10 heteroatoms. The highest BCUT2D eigenvalue weighted by Crippen LogP contribution is 2.17. The Balaban J connectivity index is 2.24. The molecule has 0 spiro atoms. The molecule has 2 aromatic heterocycles. The van der Waals surface area contributed by atoms with Crippen molar-refractivity contribution in [1.29, 1.82) is 0 Å². The highest BCUT2D eigenvalue weighted by atomic mass is 16.5. The summed E-state index contributed by atoms with van der Waals surface area (Å²) < 4.78 is 6.33. The number of aromatic amines is 1. The van der Waals surface area contributed by atoms with Gasteiger partial charge in [-0.1, -0.05) is 18.5 Å². The maximum atomic E-state index is 12.8. The first kappa shape index (κ1) is 21.4. The molecule has 0 saturated carbocycles. The third-order valence-corrected chi connectivity index (χ3v) is 4.35. The fraction of sp³-hybridized carbons (Fsp3) is 0.556. The number of nitrogens with zero attached hydrogens (tertiary/aromatic N) is 4. The zero-order chi connectivity index (χ0) is 20.8. The van der Waals surface area contributed by atoms with E-state index in [1.165, 1.54) is 9.47 Å². The van der Waals surface area contributed by atoms with E-state index >= 15 is 0 Å². The number of carbonyl (C=O) groups excluding carboxylic acids is 1. The van der Waals surface area contributed by atoms with Gasteiger partial charge in [0.25, 0.3) is 5.56 Å². The molecule has 2 heterocycles. The number of nitrogen functional groups attached to an aromatic ring is 1. The van der Waals surface area contributed by atoms with Crippen molar-refractivity contribution < 1.29 is 9.32 Å². The van der Waals surface area contributed by atoms with Crippen molar-refractivity contribution in [2.75, 3.05) is 30.8 Å². The number of anilines is 2. The molecule has 1 amide bonds. The number of H-pyrrole nitrogens is 1.